The molecule has 146 valence electrons. The predicted molar refractivity (Wildman–Crippen MR) is 94.4 cm³/mol. The molecule has 2 aliphatic rings. The van der Waals surface area contributed by atoms with Crippen molar-refractivity contribution in [3.05, 3.63) is 5.82 Å². The number of carbonyl (C=O) groups is 1. The lowest BCUT2D eigenvalue weighted by molar-refractivity contribution is -0.132. The maximum absolute atomic E-state index is 12.3. The minimum atomic E-state index is 0.155. The summed E-state index contributed by atoms with van der Waals surface area (Å²) in [6, 6.07) is 0. The fourth-order valence-electron chi connectivity index (χ4n) is 3.40. The lowest BCUT2D eigenvalue weighted by Crippen LogP contribution is -2.37. The van der Waals surface area contributed by atoms with E-state index in [1.165, 1.54) is 6.42 Å². The van der Waals surface area contributed by atoms with Crippen molar-refractivity contribution >= 4 is 5.91 Å². The van der Waals surface area contributed by atoms with Crippen LogP contribution in [0.5, 0.6) is 0 Å². The van der Waals surface area contributed by atoms with Crippen molar-refractivity contribution in [2.45, 2.75) is 51.3 Å². The monoisotopic (exact) mass is 366 g/mol. The van der Waals surface area contributed by atoms with E-state index in [1.54, 1.807) is 4.90 Å². The Bertz CT molecular complexity index is 554. The third-order valence-electron chi connectivity index (χ3n) is 5.01. The number of carbonyl (C=O) groups excluding carboxylic acids is 1. The molecule has 0 aliphatic carbocycles. The number of hydrogen-bond donors (Lipinski definition) is 0. The van der Waals surface area contributed by atoms with Crippen LogP contribution in [0.4, 0.5) is 0 Å². The molecule has 3 rings (SSSR count). The molecular formula is C17H30N6O3. The van der Waals surface area contributed by atoms with E-state index in [4.69, 9.17) is 9.47 Å². The van der Waals surface area contributed by atoms with Gasteiger partial charge in [-0.2, -0.15) is 0 Å². The molecule has 9 heteroatoms. The largest absolute Gasteiger partial charge is 0.379 e. The van der Waals surface area contributed by atoms with E-state index >= 15 is 0 Å². The molecule has 0 saturated carbocycles. The van der Waals surface area contributed by atoms with E-state index in [-0.39, 0.29) is 12.0 Å². The fraction of sp³-hybridized carbons (Fsp3) is 0.882. The number of hydrogen-bond acceptors (Lipinski definition) is 7. The molecule has 0 N–H and O–H groups in total. The first-order valence-corrected chi connectivity index (χ1v) is 9.63. The summed E-state index contributed by atoms with van der Waals surface area (Å²) < 4.78 is 12.9. The zero-order valence-electron chi connectivity index (χ0n) is 15.7. The quantitative estimate of drug-likeness (QED) is 0.655. The molecular weight excluding hydrogens is 336 g/mol. The average Bonchev–Trinajstić information content (AvgIpc) is 3.10. The molecule has 9 nitrogen and oxygen atoms in total. The highest BCUT2D eigenvalue weighted by Crippen LogP contribution is 2.14. The number of amides is 1. The van der Waals surface area contributed by atoms with Crippen LogP contribution in [-0.2, 0) is 27.4 Å². The second-order valence-electron chi connectivity index (χ2n) is 7.07. The van der Waals surface area contributed by atoms with Crippen LogP contribution in [0.25, 0.3) is 0 Å². The van der Waals surface area contributed by atoms with E-state index in [2.05, 4.69) is 20.4 Å². The van der Waals surface area contributed by atoms with Crippen molar-refractivity contribution in [2.24, 2.45) is 0 Å². The van der Waals surface area contributed by atoms with Gasteiger partial charge in [-0.1, -0.05) is 0 Å². The van der Waals surface area contributed by atoms with E-state index in [0.717, 1.165) is 64.5 Å². The summed E-state index contributed by atoms with van der Waals surface area (Å²) in [5.74, 6) is 1.00. The van der Waals surface area contributed by atoms with Crippen molar-refractivity contribution in [3.63, 3.8) is 0 Å². The highest BCUT2D eigenvalue weighted by atomic mass is 16.5. The van der Waals surface area contributed by atoms with Crippen LogP contribution in [0.15, 0.2) is 0 Å². The Morgan fingerprint density at radius 3 is 2.88 bits per heavy atom. The normalized spacial score (nSPS) is 21.7. The number of nitrogens with zero attached hydrogens (tertiary/aromatic N) is 6. The van der Waals surface area contributed by atoms with Gasteiger partial charge in [-0.15, -0.1) is 5.10 Å². The van der Waals surface area contributed by atoms with Gasteiger partial charge in [0.15, 0.2) is 5.82 Å². The molecule has 0 radical (unpaired) electrons. The maximum Gasteiger partial charge on any atom is 0.222 e. The zero-order chi connectivity index (χ0) is 18.2. The summed E-state index contributed by atoms with van der Waals surface area (Å²) in [5, 5.41) is 12.0. The number of ether oxygens (including phenoxy) is 2. The summed E-state index contributed by atoms with van der Waals surface area (Å²) in [7, 11) is 1.86. The van der Waals surface area contributed by atoms with Crippen molar-refractivity contribution in [3.8, 4) is 0 Å². The Labute approximate surface area is 154 Å². The second-order valence-corrected chi connectivity index (χ2v) is 7.07. The van der Waals surface area contributed by atoms with E-state index < -0.39 is 0 Å². The van der Waals surface area contributed by atoms with Gasteiger partial charge in [-0.3, -0.25) is 9.69 Å². The van der Waals surface area contributed by atoms with Crippen LogP contribution in [0.2, 0.25) is 0 Å². The van der Waals surface area contributed by atoms with Crippen LogP contribution in [-0.4, -0.2) is 88.5 Å². The number of aromatic nitrogens is 4. The molecule has 0 unspecified atom stereocenters. The van der Waals surface area contributed by atoms with Crippen LogP contribution in [0, 0.1) is 0 Å². The van der Waals surface area contributed by atoms with Crippen molar-refractivity contribution in [1.29, 1.82) is 0 Å². The Hall–Kier alpha value is -1.58. The van der Waals surface area contributed by atoms with Crippen molar-refractivity contribution in [1.82, 2.24) is 30.0 Å². The Morgan fingerprint density at radius 1 is 1.27 bits per heavy atom. The predicted octanol–water partition coefficient (Wildman–Crippen LogP) is 0.313. The van der Waals surface area contributed by atoms with Gasteiger partial charge in [0.1, 0.15) is 0 Å². The van der Waals surface area contributed by atoms with Gasteiger partial charge in [-0.25, -0.2) is 4.68 Å². The molecule has 1 aromatic rings. The van der Waals surface area contributed by atoms with Gasteiger partial charge in [-0.05, 0) is 36.1 Å². The first-order chi connectivity index (χ1) is 12.7. The lowest BCUT2D eigenvalue weighted by Gasteiger charge is -2.27. The Kier molecular flexibility index (Phi) is 7.33. The summed E-state index contributed by atoms with van der Waals surface area (Å²) in [4.78, 5) is 16.4. The lowest BCUT2D eigenvalue weighted by atomic mass is 10.1. The zero-order valence-corrected chi connectivity index (χ0v) is 15.7. The van der Waals surface area contributed by atoms with Gasteiger partial charge < -0.3 is 14.4 Å². The van der Waals surface area contributed by atoms with Gasteiger partial charge in [0.05, 0.1) is 25.9 Å². The van der Waals surface area contributed by atoms with Gasteiger partial charge in [0, 0.05) is 46.3 Å². The first-order valence-electron chi connectivity index (χ1n) is 9.63. The summed E-state index contributed by atoms with van der Waals surface area (Å²) in [6.45, 7) is 6.21. The van der Waals surface area contributed by atoms with Crippen molar-refractivity contribution < 1.29 is 14.3 Å². The molecule has 0 aromatic carbocycles. The topological polar surface area (TPSA) is 85.6 Å². The molecule has 0 spiro atoms. The molecule has 0 bridgehead atoms. The highest BCUT2D eigenvalue weighted by molar-refractivity contribution is 5.75. The molecule has 2 saturated heterocycles. The minimum absolute atomic E-state index is 0.155. The first kappa shape index (κ1) is 19.2. The molecule has 1 aromatic heterocycles. The van der Waals surface area contributed by atoms with E-state index in [9.17, 15) is 4.79 Å². The van der Waals surface area contributed by atoms with Crippen LogP contribution < -0.4 is 0 Å². The number of morpholine rings is 1. The standard InChI is InChI=1S/C17H30N6O3/c1-21(13-15-5-2-3-10-26-15)17(24)6-4-7-23-16(18-19-20-23)14-22-8-11-25-12-9-22/h15H,2-14H2,1H3/t15-/m0/s1. The second kappa shape index (κ2) is 9.94. The SMILES string of the molecule is CN(C[C@@H]1CCCCO1)C(=O)CCCn1nnnc1CN1CCOCC1. The molecule has 2 fully saturated rings. The van der Waals surface area contributed by atoms with Gasteiger partial charge in [0.2, 0.25) is 5.91 Å². The van der Waals surface area contributed by atoms with E-state index in [1.807, 2.05) is 11.7 Å². The molecule has 1 atom stereocenters. The average molecular weight is 366 g/mol. The third-order valence-corrected chi connectivity index (χ3v) is 5.01. The maximum atomic E-state index is 12.3. The van der Waals surface area contributed by atoms with Crippen LogP contribution in [0.1, 0.15) is 37.9 Å². The number of aryl methyl sites for hydroxylation is 1. The number of likely N-dealkylation sites (N-methyl/N-ethyl adjacent to an activating group) is 1. The molecule has 1 amide bonds. The third kappa shape index (κ3) is 5.72. The minimum Gasteiger partial charge on any atom is -0.379 e. The smallest absolute Gasteiger partial charge is 0.222 e. The summed E-state index contributed by atoms with van der Waals surface area (Å²) in [6.07, 6.45) is 4.80. The molecule has 26 heavy (non-hydrogen) atoms. The van der Waals surface area contributed by atoms with Gasteiger partial charge in [0.25, 0.3) is 0 Å². The summed E-state index contributed by atoms with van der Waals surface area (Å²) in [5.41, 5.74) is 0. The Balaban J connectivity index is 1.38. The molecule has 2 aliphatic heterocycles. The summed E-state index contributed by atoms with van der Waals surface area (Å²) >= 11 is 0. The highest BCUT2D eigenvalue weighted by Gasteiger charge is 2.19. The molecule has 3 heterocycles. The van der Waals surface area contributed by atoms with Crippen LogP contribution >= 0.6 is 0 Å². The van der Waals surface area contributed by atoms with E-state index in [0.29, 0.717) is 19.5 Å². The number of rotatable bonds is 8. The number of tetrazole rings is 1. The Morgan fingerprint density at radius 2 is 2.12 bits per heavy atom. The fourth-order valence-corrected chi connectivity index (χ4v) is 3.40. The van der Waals surface area contributed by atoms with Crippen molar-refractivity contribution in [2.75, 3.05) is 46.5 Å². The van der Waals surface area contributed by atoms with Crippen LogP contribution in [0.3, 0.4) is 0 Å². The van der Waals surface area contributed by atoms with Gasteiger partial charge >= 0.3 is 0 Å².